The molecule has 1 aromatic rings. The summed E-state index contributed by atoms with van der Waals surface area (Å²) < 4.78 is 10.4. The molecule has 80 valence electrons. The van der Waals surface area contributed by atoms with Crippen LogP contribution >= 0.6 is 0 Å². The summed E-state index contributed by atoms with van der Waals surface area (Å²) in [5, 5.41) is 8.81. The molecular formula is C10H11NO4. The highest BCUT2D eigenvalue weighted by Crippen LogP contribution is 2.38. The van der Waals surface area contributed by atoms with Crippen molar-refractivity contribution in [2.75, 3.05) is 6.79 Å². The summed E-state index contributed by atoms with van der Waals surface area (Å²) in [6, 6.07) is 2.30. The molecule has 5 heteroatoms. The zero-order chi connectivity index (χ0) is 11.0. The minimum Gasteiger partial charge on any atom is -0.480 e. The smallest absolute Gasteiger partial charge is 0.325 e. The Bertz CT molecular complexity index is 416. The molecule has 15 heavy (non-hydrogen) atoms. The van der Waals surface area contributed by atoms with Crippen LogP contribution in [0.2, 0.25) is 0 Å². The predicted molar refractivity (Wildman–Crippen MR) is 51.9 cm³/mol. The first-order chi connectivity index (χ1) is 7.11. The minimum absolute atomic E-state index is 0.169. The molecule has 0 aliphatic carbocycles. The average Bonchev–Trinajstić information content (AvgIpc) is 2.66. The Hall–Kier alpha value is -1.75. The van der Waals surface area contributed by atoms with Gasteiger partial charge in [-0.15, -0.1) is 0 Å². The molecule has 0 amide bonds. The molecule has 1 atom stereocenters. The van der Waals surface area contributed by atoms with Crippen molar-refractivity contribution in [3.05, 3.63) is 23.3 Å². The van der Waals surface area contributed by atoms with Crippen molar-refractivity contribution < 1.29 is 19.4 Å². The number of fused-ring (bicyclic) bond motifs is 1. The van der Waals surface area contributed by atoms with Crippen molar-refractivity contribution in [1.29, 1.82) is 0 Å². The first kappa shape index (κ1) is 9.79. The van der Waals surface area contributed by atoms with E-state index in [0.29, 0.717) is 17.1 Å². The first-order valence-electron chi connectivity index (χ1n) is 4.48. The van der Waals surface area contributed by atoms with Gasteiger partial charge in [0, 0.05) is 5.56 Å². The Morgan fingerprint density at radius 2 is 2.27 bits per heavy atom. The molecule has 3 N–H and O–H groups in total. The van der Waals surface area contributed by atoms with Gasteiger partial charge in [0.25, 0.3) is 0 Å². The highest BCUT2D eigenvalue weighted by Gasteiger charge is 2.23. The highest BCUT2D eigenvalue weighted by molar-refractivity contribution is 5.76. The van der Waals surface area contributed by atoms with Crippen molar-refractivity contribution in [2.24, 2.45) is 5.73 Å². The van der Waals surface area contributed by atoms with Crippen LogP contribution in [0.15, 0.2) is 12.1 Å². The van der Waals surface area contributed by atoms with Crippen molar-refractivity contribution in [3.8, 4) is 11.5 Å². The molecule has 1 unspecified atom stereocenters. The summed E-state index contributed by atoms with van der Waals surface area (Å²) in [5.74, 6) is 0.162. The summed E-state index contributed by atoms with van der Waals surface area (Å²) in [7, 11) is 0. The maximum absolute atomic E-state index is 10.8. The van der Waals surface area contributed by atoms with Crippen molar-refractivity contribution >= 4 is 5.97 Å². The fourth-order valence-electron chi connectivity index (χ4n) is 1.60. The molecule has 1 aromatic carbocycles. The van der Waals surface area contributed by atoms with E-state index in [1.54, 1.807) is 19.1 Å². The maximum atomic E-state index is 10.8. The number of nitrogens with two attached hydrogens (primary N) is 1. The lowest BCUT2D eigenvalue weighted by atomic mass is 10.0. The van der Waals surface area contributed by atoms with Crippen molar-refractivity contribution in [2.45, 2.75) is 13.0 Å². The molecule has 0 saturated carbocycles. The Labute approximate surface area is 86.4 Å². The van der Waals surface area contributed by atoms with Crippen LogP contribution in [0.1, 0.15) is 17.2 Å². The Morgan fingerprint density at radius 1 is 1.53 bits per heavy atom. The van der Waals surface area contributed by atoms with Gasteiger partial charge in [-0.3, -0.25) is 4.79 Å². The van der Waals surface area contributed by atoms with E-state index in [4.69, 9.17) is 20.3 Å². The summed E-state index contributed by atoms with van der Waals surface area (Å²) >= 11 is 0. The molecular weight excluding hydrogens is 198 g/mol. The van der Waals surface area contributed by atoms with Crippen LogP contribution in [-0.4, -0.2) is 17.9 Å². The molecule has 1 aliphatic rings. The van der Waals surface area contributed by atoms with E-state index in [2.05, 4.69) is 0 Å². The maximum Gasteiger partial charge on any atom is 0.325 e. The number of carbonyl (C=O) groups is 1. The number of benzene rings is 1. The third-order valence-electron chi connectivity index (χ3n) is 2.43. The van der Waals surface area contributed by atoms with E-state index in [0.717, 1.165) is 5.56 Å². The SMILES string of the molecule is Cc1c(C(N)C(=O)O)ccc2c1OCO2. The molecule has 2 rings (SSSR count). The van der Waals surface area contributed by atoms with E-state index < -0.39 is 12.0 Å². The van der Waals surface area contributed by atoms with Gasteiger partial charge in [0.15, 0.2) is 11.5 Å². The predicted octanol–water partition coefficient (Wildman–Crippen LogP) is 0.808. The van der Waals surface area contributed by atoms with Crippen molar-refractivity contribution in [3.63, 3.8) is 0 Å². The van der Waals surface area contributed by atoms with E-state index in [-0.39, 0.29) is 6.79 Å². The van der Waals surface area contributed by atoms with E-state index in [1.165, 1.54) is 0 Å². The van der Waals surface area contributed by atoms with E-state index >= 15 is 0 Å². The number of aliphatic carboxylic acids is 1. The zero-order valence-corrected chi connectivity index (χ0v) is 8.19. The molecule has 0 fully saturated rings. The summed E-state index contributed by atoms with van der Waals surface area (Å²) in [5.41, 5.74) is 6.81. The number of hydrogen-bond donors (Lipinski definition) is 2. The number of ether oxygens (including phenoxy) is 2. The van der Waals surface area contributed by atoms with Gasteiger partial charge in [-0.05, 0) is 18.6 Å². The highest BCUT2D eigenvalue weighted by atomic mass is 16.7. The lowest BCUT2D eigenvalue weighted by Crippen LogP contribution is -2.21. The van der Waals surface area contributed by atoms with Gasteiger partial charge in [-0.1, -0.05) is 6.07 Å². The summed E-state index contributed by atoms with van der Waals surface area (Å²) in [4.78, 5) is 10.8. The third kappa shape index (κ3) is 1.50. The van der Waals surface area contributed by atoms with Crippen LogP contribution in [0, 0.1) is 6.92 Å². The molecule has 0 spiro atoms. The Morgan fingerprint density at radius 3 is 2.93 bits per heavy atom. The lowest BCUT2D eigenvalue weighted by Gasteiger charge is -2.11. The van der Waals surface area contributed by atoms with Crippen LogP contribution < -0.4 is 15.2 Å². The molecule has 1 aliphatic heterocycles. The van der Waals surface area contributed by atoms with E-state index in [9.17, 15) is 4.79 Å². The monoisotopic (exact) mass is 209 g/mol. The van der Waals surface area contributed by atoms with Gasteiger partial charge in [-0.2, -0.15) is 0 Å². The number of carboxylic acids is 1. The topological polar surface area (TPSA) is 81.8 Å². The Balaban J connectivity index is 2.46. The minimum atomic E-state index is -1.06. The second-order valence-electron chi connectivity index (χ2n) is 3.33. The largest absolute Gasteiger partial charge is 0.480 e. The average molecular weight is 209 g/mol. The molecule has 0 bridgehead atoms. The van der Waals surface area contributed by atoms with Gasteiger partial charge in [0.1, 0.15) is 6.04 Å². The first-order valence-corrected chi connectivity index (χ1v) is 4.48. The molecule has 0 radical (unpaired) electrons. The van der Waals surface area contributed by atoms with Gasteiger partial charge >= 0.3 is 5.97 Å². The second-order valence-corrected chi connectivity index (χ2v) is 3.33. The zero-order valence-electron chi connectivity index (χ0n) is 8.19. The summed E-state index contributed by atoms with van der Waals surface area (Å²) in [6.07, 6.45) is 0. The number of rotatable bonds is 2. The van der Waals surface area contributed by atoms with Gasteiger partial charge in [-0.25, -0.2) is 0 Å². The quantitative estimate of drug-likeness (QED) is 0.753. The summed E-state index contributed by atoms with van der Waals surface area (Å²) in [6.45, 7) is 1.94. The standard InChI is InChI=1S/C10H11NO4/c1-5-6(8(11)10(12)13)2-3-7-9(5)15-4-14-7/h2-3,8H,4,11H2,1H3,(H,12,13). The molecule has 0 aromatic heterocycles. The lowest BCUT2D eigenvalue weighted by molar-refractivity contribution is -0.138. The number of hydrogen-bond acceptors (Lipinski definition) is 4. The Kier molecular flexibility index (Phi) is 2.24. The number of carboxylic acid groups (broad SMARTS) is 1. The molecule has 1 heterocycles. The third-order valence-corrected chi connectivity index (χ3v) is 2.43. The van der Waals surface area contributed by atoms with Crippen LogP contribution in [0.4, 0.5) is 0 Å². The van der Waals surface area contributed by atoms with E-state index in [1.807, 2.05) is 0 Å². The second kappa shape index (κ2) is 3.43. The van der Waals surface area contributed by atoms with Gasteiger partial charge in [0.05, 0.1) is 0 Å². The fourth-order valence-corrected chi connectivity index (χ4v) is 1.60. The van der Waals surface area contributed by atoms with Crippen LogP contribution in [0.3, 0.4) is 0 Å². The van der Waals surface area contributed by atoms with Crippen LogP contribution in [0.5, 0.6) is 11.5 Å². The van der Waals surface area contributed by atoms with Crippen LogP contribution in [-0.2, 0) is 4.79 Å². The fraction of sp³-hybridized carbons (Fsp3) is 0.300. The normalized spacial score (nSPS) is 15.1. The molecule has 5 nitrogen and oxygen atoms in total. The molecule has 0 saturated heterocycles. The van der Waals surface area contributed by atoms with Crippen molar-refractivity contribution in [1.82, 2.24) is 0 Å². The van der Waals surface area contributed by atoms with Crippen LogP contribution in [0.25, 0.3) is 0 Å². The van der Waals surface area contributed by atoms with Gasteiger partial charge in [0.2, 0.25) is 6.79 Å². The van der Waals surface area contributed by atoms with Gasteiger partial charge < -0.3 is 20.3 Å².